The Morgan fingerprint density at radius 1 is 1.58 bits per heavy atom. The van der Waals surface area contributed by atoms with Crippen LogP contribution in [0.2, 0.25) is 0 Å². The molecule has 1 heterocycles. The van der Waals surface area contributed by atoms with Crippen LogP contribution in [0.3, 0.4) is 0 Å². The van der Waals surface area contributed by atoms with Crippen LogP contribution in [-0.4, -0.2) is 42.3 Å². The lowest BCUT2D eigenvalue weighted by molar-refractivity contribution is -0.121. The molecule has 7 nitrogen and oxygen atoms in total. The van der Waals surface area contributed by atoms with Crippen molar-refractivity contribution in [2.75, 3.05) is 26.8 Å². The van der Waals surface area contributed by atoms with Crippen molar-refractivity contribution < 1.29 is 9.53 Å². The van der Waals surface area contributed by atoms with E-state index in [1.165, 1.54) is 0 Å². The average molecular weight is 265 g/mol. The minimum atomic E-state index is -0.119. The van der Waals surface area contributed by atoms with Crippen LogP contribution in [0.1, 0.15) is 12.1 Å². The van der Waals surface area contributed by atoms with Crippen molar-refractivity contribution in [2.24, 2.45) is 0 Å². The molecule has 0 aliphatic carbocycles. The number of hydrogen-bond donors (Lipinski definition) is 2. The molecule has 1 amide bonds. The Bertz CT molecular complexity index is 424. The number of carbonyl (C=O) groups excluding carboxylic acids is 1. The van der Waals surface area contributed by atoms with Gasteiger partial charge in [0.2, 0.25) is 5.91 Å². The van der Waals surface area contributed by atoms with Gasteiger partial charge in [-0.25, -0.2) is 4.98 Å². The number of hydrogen-bond acceptors (Lipinski definition) is 5. The maximum Gasteiger partial charge on any atom is 0.240 e. The van der Waals surface area contributed by atoms with Gasteiger partial charge in [-0.2, -0.15) is 5.26 Å². The first-order valence-corrected chi connectivity index (χ1v) is 6.10. The molecule has 0 bridgehead atoms. The number of methoxy groups -OCH3 is 1. The predicted octanol–water partition coefficient (Wildman–Crippen LogP) is -0.351. The molecule has 0 radical (unpaired) electrons. The van der Waals surface area contributed by atoms with Crippen molar-refractivity contribution >= 4 is 5.91 Å². The standard InChI is InChI=1S/C12H19N5O2/c1-19-6-5-14-7-11-8-17(10-16-11)9-12(18)15-4-2-3-13/h8,10,14H,2,4-7,9H2,1H3,(H,15,18). The topological polar surface area (TPSA) is 92.0 Å². The monoisotopic (exact) mass is 265 g/mol. The number of carbonyl (C=O) groups is 1. The van der Waals surface area contributed by atoms with Crippen molar-refractivity contribution in [3.05, 3.63) is 18.2 Å². The summed E-state index contributed by atoms with van der Waals surface area (Å²) in [6.45, 7) is 2.67. The second kappa shape index (κ2) is 9.08. The van der Waals surface area contributed by atoms with Crippen molar-refractivity contribution in [3.63, 3.8) is 0 Å². The van der Waals surface area contributed by atoms with Crippen molar-refractivity contribution in [3.8, 4) is 6.07 Å². The van der Waals surface area contributed by atoms with E-state index in [9.17, 15) is 4.79 Å². The summed E-state index contributed by atoms with van der Waals surface area (Å²) in [5.74, 6) is -0.119. The zero-order valence-electron chi connectivity index (χ0n) is 11.1. The lowest BCUT2D eigenvalue weighted by Crippen LogP contribution is -2.27. The van der Waals surface area contributed by atoms with Crippen LogP contribution in [-0.2, 0) is 22.6 Å². The fourth-order valence-electron chi connectivity index (χ4n) is 1.45. The smallest absolute Gasteiger partial charge is 0.240 e. The number of rotatable bonds is 9. The molecule has 0 aliphatic rings. The number of imidazole rings is 1. The Hall–Kier alpha value is -1.91. The molecule has 0 spiro atoms. The molecule has 0 saturated carbocycles. The van der Waals surface area contributed by atoms with E-state index in [2.05, 4.69) is 15.6 Å². The highest BCUT2D eigenvalue weighted by Gasteiger charge is 2.03. The van der Waals surface area contributed by atoms with Crippen molar-refractivity contribution in [2.45, 2.75) is 19.5 Å². The van der Waals surface area contributed by atoms with Crippen LogP contribution in [0.15, 0.2) is 12.5 Å². The van der Waals surface area contributed by atoms with E-state index in [1.54, 1.807) is 18.0 Å². The summed E-state index contributed by atoms with van der Waals surface area (Å²) in [4.78, 5) is 15.7. The van der Waals surface area contributed by atoms with Gasteiger partial charge in [-0.3, -0.25) is 4.79 Å². The van der Waals surface area contributed by atoms with Crippen LogP contribution >= 0.6 is 0 Å². The van der Waals surface area contributed by atoms with Crippen LogP contribution in [0.25, 0.3) is 0 Å². The van der Waals surface area contributed by atoms with Gasteiger partial charge in [0.15, 0.2) is 0 Å². The highest BCUT2D eigenvalue weighted by atomic mass is 16.5. The molecule has 1 aromatic heterocycles. The quantitative estimate of drug-likeness (QED) is 0.595. The molecule has 104 valence electrons. The lowest BCUT2D eigenvalue weighted by Gasteiger charge is -2.03. The predicted molar refractivity (Wildman–Crippen MR) is 69.0 cm³/mol. The molecule has 19 heavy (non-hydrogen) atoms. The molecule has 0 saturated heterocycles. The van der Waals surface area contributed by atoms with E-state index < -0.39 is 0 Å². The van der Waals surface area contributed by atoms with E-state index in [0.29, 0.717) is 26.1 Å². The minimum absolute atomic E-state index is 0.119. The first kappa shape index (κ1) is 15.1. The fourth-order valence-corrected chi connectivity index (χ4v) is 1.45. The second-order valence-corrected chi connectivity index (χ2v) is 3.96. The first-order chi connectivity index (χ1) is 9.26. The summed E-state index contributed by atoms with van der Waals surface area (Å²) >= 11 is 0. The van der Waals surface area contributed by atoms with Crippen LogP contribution in [0.5, 0.6) is 0 Å². The number of nitriles is 1. The zero-order valence-corrected chi connectivity index (χ0v) is 11.1. The van der Waals surface area contributed by atoms with Gasteiger partial charge in [0.05, 0.1) is 31.1 Å². The molecule has 7 heteroatoms. The van der Waals surface area contributed by atoms with E-state index in [1.807, 2.05) is 12.3 Å². The Morgan fingerprint density at radius 2 is 2.42 bits per heavy atom. The summed E-state index contributed by atoms with van der Waals surface area (Å²) in [6.07, 6.45) is 3.77. The van der Waals surface area contributed by atoms with Crippen LogP contribution < -0.4 is 10.6 Å². The normalized spacial score (nSPS) is 10.1. The number of amides is 1. The Kier molecular flexibility index (Phi) is 7.24. The molecule has 1 rings (SSSR count). The maximum atomic E-state index is 11.5. The number of aromatic nitrogens is 2. The Morgan fingerprint density at radius 3 is 3.16 bits per heavy atom. The largest absolute Gasteiger partial charge is 0.383 e. The van der Waals surface area contributed by atoms with Gasteiger partial charge in [-0.05, 0) is 0 Å². The lowest BCUT2D eigenvalue weighted by atomic mass is 10.4. The highest BCUT2D eigenvalue weighted by Crippen LogP contribution is 1.95. The molecular weight excluding hydrogens is 246 g/mol. The Balaban J connectivity index is 2.26. The summed E-state index contributed by atoms with van der Waals surface area (Å²) < 4.78 is 6.64. The number of ether oxygens (including phenoxy) is 1. The van der Waals surface area contributed by atoms with Gasteiger partial charge in [-0.1, -0.05) is 0 Å². The van der Waals surface area contributed by atoms with Crippen molar-refractivity contribution in [1.29, 1.82) is 5.26 Å². The van der Waals surface area contributed by atoms with Gasteiger partial charge in [0.25, 0.3) is 0 Å². The number of nitrogens with zero attached hydrogens (tertiary/aromatic N) is 3. The van der Waals surface area contributed by atoms with E-state index >= 15 is 0 Å². The van der Waals surface area contributed by atoms with Gasteiger partial charge in [0, 0.05) is 32.9 Å². The molecule has 0 aliphatic heterocycles. The molecular formula is C12H19N5O2. The third-order valence-electron chi connectivity index (χ3n) is 2.36. The molecule has 0 aromatic carbocycles. The van der Waals surface area contributed by atoms with Gasteiger partial charge in [0.1, 0.15) is 6.54 Å². The van der Waals surface area contributed by atoms with Crippen LogP contribution in [0.4, 0.5) is 0 Å². The third-order valence-corrected chi connectivity index (χ3v) is 2.36. The summed E-state index contributed by atoms with van der Waals surface area (Å²) in [5, 5.41) is 14.2. The van der Waals surface area contributed by atoms with Crippen LogP contribution in [0, 0.1) is 11.3 Å². The summed E-state index contributed by atoms with van der Waals surface area (Å²) in [6, 6.07) is 1.97. The van der Waals surface area contributed by atoms with Gasteiger partial charge in [-0.15, -0.1) is 0 Å². The third kappa shape index (κ3) is 6.55. The van der Waals surface area contributed by atoms with E-state index in [4.69, 9.17) is 10.00 Å². The molecule has 0 fully saturated rings. The molecule has 2 N–H and O–H groups in total. The van der Waals surface area contributed by atoms with E-state index in [0.717, 1.165) is 12.2 Å². The minimum Gasteiger partial charge on any atom is -0.383 e. The SMILES string of the molecule is COCCNCc1cn(CC(=O)NCCC#N)cn1. The summed E-state index contributed by atoms with van der Waals surface area (Å²) in [5.41, 5.74) is 0.876. The first-order valence-electron chi connectivity index (χ1n) is 6.10. The summed E-state index contributed by atoms with van der Waals surface area (Å²) in [7, 11) is 1.65. The zero-order chi connectivity index (χ0) is 13.9. The molecule has 0 unspecified atom stereocenters. The van der Waals surface area contributed by atoms with Crippen molar-refractivity contribution in [1.82, 2.24) is 20.2 Å². The fraction of sp³-hybridized carbons (Fsp3) is 0.583. The second-order valence-electron chi connectivity index (χ2n) is 3.96. The molecule has 0 atom stereocenters. The Labute approximate surface area is 112 Å². The average Bonchev–Trinajstić information content (AvgIpc) is 2.82. The number of nitrogens with one attached hydrogen (secondary N) is 2. The molecule has 1 aromatic rings. The van der Waals surface area contributed by atoms with Gasteiger partial charge < -0.3 is 19.9 Å². The maximum absolute atomic E-state index is 11.5. The van der Waals surface area contributed by atoms with Gasteiger partial charge >= 0.3 is 0 Å². The highest BCUT2D eigenvalue weighted by molar-refractivity contribution is 5.75. The van der Waals surface area contributed by atoms with E-state index in [-0.39, 0.29) is 12.5 Å².